The van der Waals surface area contributed by atoms with Gasteiger partial charge in [-0.3, -0.25) is 9.59 Å². The monoisotopic (exact) mass is 447 g/mol. The Morgan fingerprint density at radius 1 is 1.09 bits per heavy atom. The minimum absolute atomic E-state index is 0.0106. The lowest BCUT2D eigenvalue weighted by molar-refractivity contribution is -0.118. The number of halogens is 2. The highest BCUT2D eigenvalue weighted by Gasteiger charge is 2.27. The predicted molar refractivity (Wildman–Crippen MR) is 110 cm³/mol. The highest BCUT2D eigenvalue weighted by Crippen LogP contribution is 2.35. The zero-order valence-electron chi connectivity index (χ0n) is 17.1. The number of rotatable bonds is 7. The maximum absolute atomic E-state index is 12.8. The number of nitrogens with zero attached hydrogens (tertiary/aromatic N) is 2. The Balaban J connectivity index is 1.95. The summed E-state index contributed by atoms with van der Waals surface area (Å²) in [6, 6.07) is 10.7. The molecule has 1 aliphatic rings. The molecule has 0 unspecified atom stereocenters. The number of alkyl halides is 2. The molecule has 3 rings (SSSR count). The molecule has 1 heterocycles. The minimum Gasteiger partial charge on any atom is -0.493 e. The van der Waals surface area contributed by atoms with Gasteiger partial charge in [-0.15, -0.1) is 0 Å². The largest absolute Gasteiger partial charge is 0.493 e. The summed E-state index contributed by atoms with van der Waals surface area (Å²) in [5.74, 6) is -2.40. The van der Waals surface area contributed by atoms with Crippen LogP contribution in [0.25, 0.3) is 0 Å². The van der Waals surface area contributed by atoms with Gasteiger partial charge in [0.25, 0.3) is 5.91 Å². The molecule has 0 atom stereocenters. The zero-order valence-corrected chi connectivity index (χ0v) is 17.1. The van der Waals surface area contributed by atoms with Gasteiger partial charge >= 0.3 is 12.6 Å². The molecule has 0 saturated carbocycles. The number of carbonyl (C=O) groups is 3. The molecule has 32 heavy (non-hydrogen) atoms. The predicted octanol–water partition coefficient (Wildman–Crippen LogP) is 3.20. The van der Waals surface area contributed by atoms with Crippen LogP contribution in [-0.2, 0) is 14.3 Å². The molecular formula is C21H19F2N3O6. The topological polar surface area (TPSA) is 107 Å². The van der Waals surface area contributed by atoms with Crippen LogP contribution in [0.15, 0.2) is 47.6 Å². The second-order valence-corrected chi connectivity index (χ2v) is 6.46. The molecule has 9 nitrogen and oxygen atoms in total. The highest BCUT2D eigenvalue weighted by atomic mass is 19.3. The van der Waals surface area contributed by atoms with Crippen molar-refractivity contribution in [3.63, 3.8) is 0 Å². The van der Waals surface area contributed by atoms with Crippen molar-refractivity contribution in [2.75, 3.05) is 24.5 Å². The summed E-state index contributed by atoms with van der Waals surface area (Å²) in [5, 5.41) is 7.69. The van der Waals surface area contributed by atoms with Crippen LogP contribution in [0.5, 0.6) is 11.5 Å². The lowest BCUT2D eigenvalue weighted by atomic mass is 10.1. The first-order valence-corrected chi connectivity index (χ1v) is 9.36. The zero-order chi connectivity index (χ0) is 23.3. The average Bonchev–Trinajstić information content (AvgIpc) is 2.79. The van der Waals surface area contributed by atoms with Crippen molar-refractivity contribution in [1.29, 1.82) is 0 Å². The third-order valence-electron chi connectivity index (χ3n) is 4.47. The summed E-state index contributed by atoms with van der Waals surface area (Å²) in [6.45, 7) is -3.16. The minimum atomic E-state index is -3.16. The average molecular weight is 447 g/mol. The molecule has 0 fully saturated rings. The number of anilines is 2. The first-order valence-electron chi connectivity index (χ1n) is 9.36. The molecule has 2 aromatic carbocycles. The van der Waals surface area contributed by atoms with E-state index in [0.29, 0.717) is 5.69 Å². The van der Waals surface area contributed by atoms with Crippen molar-refractivity contribution >= 4 is 34.9 Å². The molecule has 0 saturated heterocycles. The number of amides is 2. The first-order chi connectivity index (χ1) is 15.3. The quantitative estimate of drug-likeness (QED) is 0.654. The maximum atomic E-state index is 12.8. The Bertz CT molecular complexity index is 1060. The molecule has 2 aromatic rings. The number of hydrogen-bond acceptors (Lipinski definition) is 7. The van der Waals surface area contributed by atoms with E-state index in [9.17, 15) is 23.2 Å². The van der Waals surface area contributed by atoms with Crippen molar-refractivity contribution in [2.45, 2.75) is 19.5 Å². The van der Waals surface area contributed by atoms with Gasteiger partial charge in [-0.1, -0.05) is 18.2 Å². The van der Waals surface area contributed by atoms with E-state index in [0.717, 1.165) is 24.3 Å². The third-order valence-corrected chi connectivity index (χ3v) is 4.47. The molecule has 0 bridgehead atoms. The number of hydrazone groups is 1. The molecule has 1 N–H and O–H groups in total. The van der Waals surface area contributed by atoms with Gasteiger partial charge in [-0.05, 0) is 12.1 Å². The van der Waals surface area contributed by atoms with E-state index < -0.39 is 24.2 Å². The van der Waals surface area contributed by atoms with Crippen LogP contribution in [0, 0.1) is 0 Å². The summed E-state index contributed by atoms with van der Waals surface area (Å²) in [5.41, 5.74) is 0.196. The number of hydrogen-bond donors (Lipinski definition) is 1. The molecule has 0 aromatic heterocycles. The van der Waals surface area contributed by atoms with Gasteiger partial charge in [0, 0.05) is 25.0 Å². The van der Waals surface area contributed by atoms with Crippen LogP contribution >= 0.6 is 0 Å². The highest BCUT2D eigenvalue weighted by molar-refractivity contribution is 6.44. The van der Waals surface area contributed by atoms with Crippen LogP contribution in [0.3, 0.4) is 0 Å². The Labute approximate surface area is 181 Å². The normalized spacial score (nSPS) is 13.5. The molecule has 0 radical (unpaired) electrons. The van der Waals surface area contributed by atoms with Gasteiger partial charge in [-0.2, -0.15) is 13.9 Å². The van der Waals surface area contributed by atoms with Crippen molar-refractivity contribution in [2.24, 2.45) is 5.10 Å². The van der Waals surface area contributed by atoms with Crippen LogP contribution in [0.2, 0.25) is 0 Å². The summed E-state index contributed by atoms with van der Waals surface area (Å²) in [4.78, 5) is 37.3. The number of carbonyl (C=O) groups excluding carboxylic acids is 3. The number of methoxy groups -OCH3 is 2. The molecule has 1 aliphatic heterocycles. The lowest BCUT2D eigenvalue weighted by Crippen LogP contribution is -2.36. The fourth-order valence-corrected chi connectivity index (χ4v) is 2.97. The Hall–Kier alpha value is -4.02. The van der Waals surface area contributed by atoms with Crippen molar-refractivity contribution in [3.8, 4) is 11.5 Å². The van der Waals surface area contributed by atoms with Crippen LogP contribution in [0.1, 0.15) is 23.2 Å². The summed E-state index contributed by atoms with van der Waals surface area (Å²) in [6.07, 6.45) is 0.0888. The molecule has 168 valence electrons. The lowest BCUT2D eigenvalue weighted by Gasteiger charge is -2.23. The van der Waals surface area contributed by atoms with Gasteiger partial charge in [0.15, 0.2) is 11.5 Å². The van der Waals surface area contributed by atoms with E-state index in [1.54, 1.807) is 30.3 Å². The third kappa shape index (κ3) is 4.99. The number of para-hydroxylation sites is 1. The van der Waals surface area contributed by atoms with Crippen LogP contribution in [-0.4, -0.2) is 44.3 Å². The van der Waals surface area contributed by atoms with E-state index in [1.807, 2.05) is 0 Å². The van der Waals surface area contributed by atoms with Gasteiger partial charge < -0.3 is 19.5 Å². The maximum Gasteiger partial charge on any atom is 0.387 e. The molecule has 11 heteroatoms. The van der Waals surface area contributed by atoms with E-state index in [-0.39, 0.29) is 41.5 Å². The summed E-state index contributed by atoms with van der Waals surface area (Å²) < 4.78 is 39.6. The van der Waals surface area contributed by atoms with Gasteiger partial charge in [0.05, 0.1) is 31.2 Å². The number of nitrogens with one attached hydrogen (secondary N) is 1. The second-order valence-electron chi connectivity index (χ2n) is 6.46. The second kappa shape index (κ2) is 9.86. The summed E-state index contributed by atoms with van der Waals surface area (Å²) >= 11 is 0. The molecule has 2 amide bonds. The summed E-state index contributed by atoms with van der Waals surface area (Å²) in [7, 11) is 2.33. The van der Waals surface area contributed by atoms with E-state index in [2.05, 4.69) is 15.2 Å². The van der Waals surface area contributed by atoms with Gasteiger partial charge in [0.2, 0.25) is 5.91 Å². The van der Waals surface area contributed by atoms with E-state index in [4.69, 9.17) is 9.47 Å². The Kier molecular flexibility index (Phi) is 6.98. The van der Waals surface area contributed by atoms with Crippen molar-refractivity contribution < 1.29 is 37.4 Å². The smallest absolute Gasteiger partial charge is 0.387 e. The Morgan fingerprint density at radius 2 is 1.81 bits per heavy atom. The molecule has 0 aliphatic carbocycles. The SMILES string of the molecule is COC(=O)c1cc(OC)c(OC(F)F)cc1NC(=O)C1=NN(c2ccccc2)C(=O)CC1. The van der Waals surface area contributed by atoms with Crippen LogP contribution in [0.4, 0.5) is 20.2 Å². The number of ether oxygens (including phenoxy) is 3. The number of benzene rings is 2. The Morgan fingerprint density at radius 3 is 2.44 bits per heavy atom. The van der Waals surface area contributed by atoms with Crippen LogP contribution < -0.4 is 19.8 Å². The fraction of sp³-hybridized carbons (Fsp3) is 0.238. The molecular weight excluding hydrogens is 428 g/mol. The van der Waals surface area contributed by atoms with Gasteiger partial charge in [0.1, 0.15) is 5.71 Å². The van der Waals surface area contributed by atoms with E-state index in [1.165, 1.54) is 7.11 Å². The fourth-order valence-electron chi connectivity index (χ4n) is 2.97. The standard InChI is InChI=1S/C21H19F2N3O6/c1-30-16-10-13(20(29)31-2)15(11-17(16)32-21(22)23)24-19(28)14-8-9-18(27)26(25-14)12-6-4-3-5-7-12/h3-7,10-11,21H,8-9H2,1-2H3,(H,24,28). The molecule has 0 spiro atoms. The van der Waals surface area contributed by atoms with Crippen molar-refractivity contribution in [3.05, 3.63) is 48.0 Å². The number of esters is 1. The van der Waals surface area contributed by atoms with Gasteiger partial charge in [-0.25, -0.2) is 9.80 Å². The van der Waals surface area contributed by atoms with E-state index >= 15 is 0 Å². The first kappa shape index (κ1) is 22.7. The van der Waals surface area contributed by atoms with Crippen molar-refractivity contribution in [1.82, 2.24) is 0 Å².